The summed E-state index contributed by atoms with van der Waals surface area (Å²) in [5, 5.41) is 0. The van der Waals surface area contributed by atoms with E-state index < -0.39 is 0 Å². The van der Waals surface area contributed by atoms with E-state index >= 15 is 0 Å². The highest BCUT2D eigenvalue weighted by molar-refractivity contribution is 5.98. The van der Waals surface area contributed by atoms with Crippen LogP contribution in [-0.2, 0) is 4.79 Å². The molecular formula is C27H27N3O. The van der Waals surface area contributed by atoms with Crippen molar-refractivity contribution in [1.82, 2.24) is 9.55 Å². The third kappa shape index (κ3) is 3.32. The summed E-state index contributed by atoms with van der Waals surface area (Å²) in [7, 11) is 0. The van der Waals surface area contributed by atoms with Gasteiger partial charge in [0.1, 0.15) is 5.82 Å². The highest BCUT2D eigenvalue weighted by Crippen LogP contribution is 2.37. The quantitative estimate of drug-likeness (QED) is 0.428. The number of imidazole rings is 1. The molecule has 0 spiro atoms. The van der Waals surface area contributed by atoms with Crippen molar-refractivity contribution in [2.24, 2.45) is 0 Å². The fraction of sp³-hybridized carbons (Fsp3) is 0.259. The number of carbonyl (C=O) groups excluding carboxylic acids is 1. The summed E-state index contributed by atoms with van der Waals surface area (Å²) >= 11 is 0. The van der Waals surface area contributed by atoms with Crippen molar-refractivity contribution in [3.8, 4) is 0 Å². The first-order valence-corrected chi connectivity index (χ1v) is 10.9. The second-order valence-electron chi connectivity index (χ2n) is 8.56. The number of benzene rings is 3. The Labute approximate surface area is 183 Å². The molecule has 1 amide bonds. The number of aryl methyl sites for hydroxylation is 2. The van der Waals surface area contributed by atoms with Crippen LogP contribution in [0.5, 0.6) is 0 Å². The van der Waals surface area contributed by atoms with Crippen LogP contribution in [0.25, 0.3) is 11.0 Å². The van der Waals surface area contributed by atoms with Gasteiger partial charge in [-0.25, -0.2) is 4.98 Å². The number of hydrogen-bond donors (Lipinski definition) is 0. The molecule has 0 bridgehead atoms. The van der Waals surface area contributed by atoms with Gasteiger partial charge in [-0.2, -0.15) is 0 Å². The molecule has 0 N–H and O–H groups in total. The van der Waals surface area contributed by atoms with Crippen LogP contribution in [-0.4, -0.2) is 22.0 Å². The summed E-state index contributed by atoms with van der Waals surface area (Å²) in [6.07, 6.45) is 0.485. The number of carbonyl (C=O) groups is 1. The van der Waals surface area contributed by atoms with Gasteiger partial charge in [0.2, 0.25) is 5.91 Å². The number of fused-ring (bicyclic) bond motifs is 1. The summed E-state index contributed by atoms with van der Waals surface area (Å²) < 4.78 is 2.33. The molecule has 1 aromatic heterocycles. The SMILES string of the molecule is Cc1cccc(C)c1N1CC(c2nc3ccccc3n2C(C)c2ccccc2)CC1=O. The maximum absolute atomic E-state index is 13.1. The van der Waals surface area contributed by atoms with Gasteiger partial charge >= 0.3 is 0 Å². The number of rotatable bonds is 4. The third-order valence-electron chi connectivity index (χ3n) is 6.49. The van der Waals surface area contributed by atoms with Crippen LogP contribution >= 0.6 is 0 Å². The minimum Gasteiger partial charge on any atom is -0.320 e. The van der Waals surface area contributed by atoms with Crippen LogP contribution in [0, 0.1) is 13.8 Å². The zero-order valence-corrected chi connectivity index (χ0v) is 18.2. The fourth-order valence-electron chi connectivity index (χ4n) is 4.97. The lowest BCUT2D eigenvalue weighted by molar-refractivity contribution is -0.117. The molecule has 4 nitrogen and oxygen atoms in total. The van der Waals surface area contributed by atoms with E-state index in [1.165, 1.54) is 5.56 Å². The molecule has 1 fully saturated rings. The second kappa shape index (κ2) is 7.69. The monoisotopic (exact) mass is 409 g/mol. The van der Waals surface area contributed by atoms with Crippen molar-refractivity contribution in [3.63, 3.8) is 0 Å². The van der Waals surface area contributed by atoms with Gasteiger partial charge in [0.25, 0.3) is 0 Å². The molecule has 1 saturated heterocycles. The van der Waals surface area contributed by atoms with Crippen molar-refractivity contribution in [3.05, 3.63) is 95.3 Å². The maximum atomic E-state index is 13.1. The lowest BCUT2D eigenvalue weighted by Crippen LogP contribution is -2.26. The molecule has 31 heavy (non-hydrogen) atoms. The minimum atomic E-state index is 0.0602. The molecule has 0 aliphatic carbocycles. The van der Waals surface area contributed by atoms with Gasteiger partial charge in [0.05, 0.1) is 17.1 Å². The van der Waals surface area contributed by atoms with Crippen LogP contribution in [0.3, 0.4) is 0 Å². The predicted octanol–water partition coefficient (Wildman–Crippen LogP) is 5.78. The van der Waals surface area contributed by atoms with E-state index in [9.17, 15) is 4.79 Å². The molecule has 2 unspecified atom stereocenters. The van der Waals surface area contributed by atoms with Crippen molar-refractivity contribution >= 4 is 22.6 Å². The van der Waals surface area contributed by atoms with E-state index in [2.05, 4.69) is 79.9 Å². The van der Waals surface area contributed by atoms with E-state index in [4.69, 9.17) is 4.98 Å². The number of amides is 1. The number of para-hydroxylation sites is 3. The number of nitrogens with zero attached hydrogens (tertiary/aromatic N) is 3. The van der Waals surface area contributed by atoms with Crippen molar-refractivity contribution in [2.75, 3.05) is 11.4 Å². The summed E-state index contributed by atoms with van der Waals surface area (Å²) in [6, 6.07) is 25.1. The Morgan fingerprint density at radius 2 is 1.58 bits per heavy atom. The average molecular weight is 410 g/mol. The Morgan fingerprint density at radius 3 is 2.32 bits per heavy atom. The number of anilines is 1. The van der Waals surface area contributed by atoms with E-state index in [-0.39, 0.29) is 17.9 Å². The third-order valence-corrected chi connectivity index (χ3v) is 6.49. The Kier molecular flexibility index (Phi) is 4.85. The van der Waals surface area contributed by atoms with Gasteiger partial charge < -0.3 is 9.47 Å². The first kappa shape index (κ1) is 19.6. The summed E-state index contributed by atoms with van der Waals surface area (Å²) in [5.74, 6) is 1.23. The van der Waals surface area contributed by atoms with Gasteiger partial charge in [0.15, 0.2) is 0 Å². The van der Waals surface area contributed by atoms with Crippen LogP contribution in [0.15, 0.2) is 72.8 Å². The molecule has 4 aromatic rings. The van der Waals surface area contributed by atoms with Gasteiger partial charge in [-0.15, -0.1) is 0 Å². The van der Waals surface area contributed by atoms with Crippen molar-refractivity contribution in [2.45, 2.75) is 39.2 Å². The fourth-order valence-corrected chi connectivity index (χ4v) is 4.97. The molecule has 5 rings (SSSR count). The molecule has 0 saturated carbocycles. The Balaban J connectivity index is 1.59. The normalized spacial score (nSPS) is 17.5. The summed E-state index contributed by atoms with van der Waals surface area (Å²) in [4.78, 5) is 20.1. The van der Waals surface area contributed by atoms with Gasteiger partial charge in [-0.1, -0.05) is 60.7 Å². The molecule has 156 valence electrons. The first-order valence-electron chi connectivity index (χ1n) is 10.9. The maximum Gasteiger partial charge on any atom is 0.227 e. The lowest BCUT2D eigenvalue weighted by Gasteiger charge is -2.23. The predicted molar refractivity (Wildman–Crippen MR) is 126 cm³/mol. The Bertz CT molecular complexity index is 1240. The van der Waals surface area contributed by atoms with Gasteiger partial charge in [-0.05, 0) is 49.6 Å². The van der Waals surface area contributed by atoms with E-state index in [1.807, 2.05) is 23.1 Å². The minimum absolute atomic E-state index is 0.0602. The molecule has 2 heterocycles. The summed E-state index contributed by atoms with van der Waals surface area (Å²) in [5.41, 5.74) is 6.67. The lowest BCUT2D eigenvalue weighted by atomic mass is 10.0. The number of hydrogen-bond acceptors (Lipinski definition) is 2. The van der Waals surface area contributed by atoms with Crippen LogP contribution in [0.2, 0.25) is 0 Å². The molecule has 1 aliphatic heterocycles. The van der Waals surface area contributed by atoms with E-state index in [0.29, 0.717) is 13.0 Å². The smallest absolute Gasteiger partial charge is 0.227 e. The highest BCUT2D eigenvalue weighted by atomic mass is 16.2. The van der Waals surface area contributed by atoms with Crippen molar-refractivity contribution in [1.29, 1.82) is 0 Å². The zero-order valence-electron chi connectivity index (χ0n) is 18.2. The molecule has 3 aromatic carbocycles. The molecule has 0 radical (unpaired) electrons. The van der Waals surface area contributed by atoms with Crippen LogP contribution in [0.4, 0.5) is 5.69 Å². The van der Waals surface area contributed by atoms with Crippen LogP contribution in [0.1, 0.15) is 47.8 Å². The molecule has 1 aliphatic rings. The topological polar surface area (TPSA) is 38.1 Å². The highest BCUT2D eigenvalue weighted by Gasteiger charge is 2.36. The van der Waals surface area contributed by atoms with E-state index in [0.717, 1.165) is 33.7 Å². The van der Waals surface area contributed by atoms with Gasteiger partial charge in [-0.3, -0.25) is 4.79 Å². The molecule has 4 heteroatoms. The van der Waals surface area contributed by atoms with Crippen LogP contribution < -0.4 is 4.90 Å². The Hall–Kier alpha value is -3.40. The zero-order chi connectivity index (χ0) is 21.5. The standard InChI is InChI=1S/C27H27N3O/c1-18-10-9-11-19(2)26(18)29-17-22(16-25(29)31)27-28-23-14-7-8-15-24(23)30(27)20(3)21-12-5-4-6-13-21/h4-15,20,22H,16-17H2,1-3H3. The Morgan fingerprint density at radius 1 is 0.903 bits per heavy atom. The molecular weight excluding hydrogens is 382 g/mol. The number of aromatic nitrogens is 2. The summed E-state index contributed by atoms with van der Waals surface area (Å²) in [6.45, 7) is 7.04. The second-order valence-corrected chi connectivity index (χ2v) is 8.56. The van der Waals surface area contributed by atoms with Gasteiger partial charge in [0, 0.05) is 24.6 Å². The first-order chi connectivity index (χ1) is 15.0. The van der Waals surface area contributed by atoms with E-state index in [1.54, 1.807) is 0 Å². The van der Waals surface area contributed by atoms with Crippen molar-refractivity contribution < 1.29 is 4.79 Å². The average Bonchev–Trinajstić information content (AvgIpc) is 3.34. The largest absolute Gasteiger partial charge is 0.320 e. The molecule has 2 atom stereocenters.